The minimum Gasteiger partial charge on any atom is -0.393 e. The van der Waals surface area contributed by atoms with Crippen LogP contribution < -0.4 is 10.2 Å². The molecule has 5 nitrogen and oxygen atoms in total. The van der Waals surface area contributed by atoms with Gasteiger partial charge in [-0.1, -0.05) is 13.3 Å². The first-order chi connectivity index (χ1) is 12.0. The predicted molar refractivity (Wildman–Crippen MR) is 102 cm³/mol. The number of rotatable bonds is 4. The van der Waals surface area contributed by atoms with Crippen LogP contribution in [0.15, 0.2) is 24.3 Å². The Bertz CT molecular complexity index is 567. The van der Waals surface area contributed by atoms with Gasteiger partial charge in [-0.25, -0.2) is 4.79 Å². The molecule has 2 atom stereocenters. The number of piperidine rings is 1. The van der Waals surface area contributed by atoms with Gasteiger partial charge in [0.15, 0.2) is 0 Å². The average molecular weight is 345 g/mol. The van der Waals surface area contributed by atoms with Crippen LogP contribution in [-0.4, -0.2) is 48.8 Å². The van der Waals surface area contributed by atoms with Crippen LogP contribution >= 0.6 is 0 Å². The van der Waals surface area contributed by atoms with Gasteiger partial charge in [-0.2, -0.15) is 0 Å². The summed E-state index contributed by atoms with van der Waals surface area (Å²) < 4.78 is 0. The van der Waals surface area contributed by atoms with E-state index >= 15 is 0 Å². The molecule has 25 heavy (non-hydrogen) atoms. The molecule has 3 rings (SSSR count). The minimum atomic E-state index is -0.262. The highest BCUT2D eigenvalue weighted by Gasteiger charge is 2.27. The van der Waals surface area contributed by atoms with E-state index in [-0.39, 0.29) is 18.1 Å². The summed E-state index contributed by atoms with van der Waals surface area (Å²) in [6.07, 6.45) is 5.14. The van der Waals surface area contributed by atoms with Gasteiger partial charge < -0.3 is 20.2 Å². The van der Waals surface area contributed by atoms with Crippen LogP contribution in [-0.2, 0) is 0 Å². The van der Waals surface area contributed by atoms with Crippen LogP contribution in [0.1, 0.15) is 39.0 Å². The molecule has 138 valence electrons. The maximum Gasteiger partial charge on any atom is 0.321 e. The maximum absolute atomic E-state index is 12.4. The first-order valence-corrected chi connectivity index (χ1v) is 9.58. The van der Waals surface area contributed by atoms with Gasteiger partial charge in [-0.05, 0) is 55.9 Å². The maximum atomic E-state index is 12.4. The largest absolute Gasteiger partial charge is 0.393 e. The predicted octanol–water partition coefficient (Wildman–Crippen LogP) is 3.55. The van der Waals surface area contributed by atoms with E-state index in [1.807, 2.05) is 12.1 Å². The molecule has 2 aliphatic rings. The Morgan fingerprint density at radius 1 is 1.20 bits per heavy atom. The third kappa shape index (κ3) is 4.66. The molecule has 0 radical (unpaired) electrons. The molecular weight excluding hydrogens is 314 g/mol. The fourth-order valence-corrected chi connectivity index (χ4v) is 3.91. The van der Waals surface area contributed by atoms with Gasteiger partial charge in [-0.15, -0.1) is 0 Å². The highest BCUT2D eigenvalue weighted by atomic mass is 16.3. The van der Waals surface area contributed by atoms with Crippen molar-refractivity contribution in [1.29, 1.82) is 0 Å². The van der Waals surface area contributed by atoms with Crippen molar-refractivity contribution < 1.29 is 9.90 Å². The van der Waals surface area contributed by atoms with Crippen LogP contribution in [0.25, 0.3) is 0 Å². The number of urea groups is 1. The highest BCUT2D eigenvalue weighted by Crippen LogP contribution is 2.27. The van der Waals surface area contributed by atoms with Crippen LogP contribution in [0.2, 0.25) is 0 Å². The zero-order valence-electron chi connectivity index (χ0n) is 15.4. The number of benzene rings is 1. The molecule has 0 aromatic heterocycles. The van der Waals surface area contributed by atoms with Gasteiger partial charge in [0.1, 0.15) is 0 Å². The van der Waals surface area contributed by atoms with Crippen LogP contribution in [0.4, 0.5) is 16.2 Å². The second kappa shape index (κ2) is 8.09. The molecule has 2 fully saturated rings. The Morgan fingerprint density at radius 2 is 1.88 bits per heavy atom. The average Bonchev–Trinajstić information content (AvgIpc) is 3.01. The normalized spacial score (nSPS) is 24.4. The Morgan fingerprint density at radius 3 is 2.48 bits per heavy atom. The Hall–Kier alpha value is -1.75. The van der Waals surface area contributed by atoms with E-state index in [2.05, 4.69) is 29.3 Å². The van der Waals surface area contributed by atoms with Crippen LogP contribution in [0.5, 0.6) is 0 Å². The van der Waals surface area contributed by atoms with E-state index in [0.29, 0.717) is 6.54 Å². The molecule has 1 saturated carbocycles. The molecule has 2 amide bonds. The summed E-state index contributed by atoms with van der Waals surface area (Å²) in [6, 6.07) is 8.02. The van der Waals surface area contributed by atoms with Crippen molar-refractivity contribution in [3.63, 3.8) is 0 Å². The monoisotopic (exact) mass is 345 g/mol. The van der Waals surface area contributed by atoms with Gasteiger partial charge in [-0.3, -0.25) is 0 Å². The van der Waals surface area contributed by atoms with E-state index in [9.17, 15) is 9.90 Å². The second-order valence-corrected chi connectivity index (χ2v) is 7.79. The van der Waals surface area contributed by atoms with Crippen molar-refractivity contribution in [2.24, 2.45) is 11.8 Å². The summed E-state index contributed by atoms with van der Waals surface area (Å²) in [4.78, 5) is 16.4. The number of carbonyl (C=O) groups is 1. The first-order valence-electron chi connectivity index (χ1n) is 9.58. The molecule has 2 N–H and O–H groups in total. The standard InChI is InChI=1S/C20H31N3O2/c1-15-10-12-23(13-11-15)18-8-6-17(7-9-18)21-20(25)22(2)14-16-4-3-5-19(16)24/h6-9,15-16,19,24H,3-5,10-14H2,1-2H3,(H,21,25). The molecule has 1 aliphatic carbocycles. The Balaban J connectivity index is 1.51. The highest BCUT2D eigenvalue weighted by molar-refractivity contribution is 5.89. The van der Waals surface area contributed by atoms with E-state index < -0.39 is 0 Å². The summed E-state index contributed by atoms with van der Waals surface area (Å²) >= 11 is 0. The number of nitrogens with zero attached hydrogens (tertiary/aromatic N) is 2. The number of amides is 2. The Kier molecular flexibility index (Phi) is 5.84. The first kappa shape index (κ1) is 18.1. The van der Waals surface area contributed by atoms with E-state index in [1.165, 1.54) is 18.5 Å². The summed E-state index contributed by atoms with van der Waals surface area (Å²) in [5, 5.41) is 12.9. The molecular formula is C20H31N3O2. The van der Waals surface area contributed by atoms with Crippen molar-refractivity contribution in [3.05, 3.63) is 24.3 Å². The molecule has 1 aromatic carbocycles. The smallest absolute Gasteiger partial charge is 0.321 e. The summed E-state index contributed by atoms with van der Waals surface area (Å²) in [7, 11) is 1.80. The van der Waals surface area contributed by atoms with Crippen molar-refractivity contribution in [2.45, 2.75) is 45.1 Å². The molecule has 1 saturated heterocycles. The Labute approximate surface area is 151 Å². The number of aliphatic hydroxyl groups is 1. The minimum absolute atomic E-state index is 0.112. The van der Waals surface area contributed by atoms with Crippen molar-refractivity contribution in [3.8, 4) is 0 Å². The third-order valence-corrected chi connectivity index (χ3v) is 5.74. The second-order valence-electron chi connectivity index (χ2n) is 7.79. The zero-order chi connectivity index (χ0) is 17.8. The molecule has 1 aliphatic heterocycles. The third-order valence-electron chi connectivity index (χ3n) is 5.74. The number of carbonyl (C=O) groups excluding carboxylic acids is 1. The van der Waals surface area contributed by atoms with Gasteiger partial charge in [0, 0.05) is 44.0 Å². The topological polar surface area (TPSA) is 55.8 Å². The van der Waals surface area contributed by atoms with E-state index in [0.717, 1.165) is 44.0 Å². The van der Waals surface area contributed by atoms with Gasteiger partial charge in [0.25, 0.3) is 0 Å². The zero-order valence-corrected chi connectivity index (χ0v) is 15.4. The SMILES string of the molecule is CC1CCN(c2ccc(NC(=O)N(C)CC3CCCC3O)cc2)CC1. The van der Waals surface area contributed by atoms with Crippen molar-refractivity contribution in [2.75, 3.05) is 36.9 Å². The number of hydrogen-bond donors (Lipinski definition) is 2. The fraction of sp³-hybridized carbons (Fsp3) is 0.650. The summed E-state index contributed by atoms with van der Waals surface area (Å²) in [5.41, 5.74) is 2.05. The number of aliphatic hydroxyl groups excluding tert-OH is 1. The lowest BCUT2D eigenvalue weighted by Gasteiger charge is -2.32. The molecule has 0 spiro atoms. The molecule has 5 heteroatoms. The summed E-state index contributed by atoms with van der Waals surface area (Å²) in [6.45, 7) is 5.15. The van der Waals surface area contributed by atoms with Crippen molar-refractivity contribution in [1.82, 2.24) is 4.90 Å². The number of anilines is 2. The van der Waals surface area contributed by atoms with E-state index in [4.69, 9.17) is 0 Å². The molecule has 1 aromatic rings. The van der Waals surface area contributed by atoms with E-state index in [1.54, 1.807) is 11.9 Å². The lowest BCUT2D eigenvalue weighted by atomic mass is 9.99. The number of hydrogen-bond acceptors (Lipinski definition) is 3. The van der Waals surface area contributed by atoms with Gasteiger partial charge in [0.2, 0.25) is 0 Å². The molecule has 1 heterocycles. The lowest BCUT2D eigenvalue weighted by molar-refractivity contribution is 0.116. The number of nitrogens with one attached hydrogen (secondary N) is 1. The fourth-order valence-electron chi connectivity index (χ4n) is 3.91. The van der Waals surface area contributed by atoms with Gasteiger partial charge >= 0.3 is 6.03 Å². The van der Waals surface area contributed by atoms with Crippen molar-refractivity contribution >= 4 is 17.4 Å². The molecule has 2 unspecified atom stereocenters. The van der Waals surface area contributed by atoms with Gasteiger partial charge in [0.05, 0.1) is 6.10 Å². The summed E-state index contributed by atoms with van der Waals surface area (Å²) in [5.74, 6) is 1.03. The molecule has 0 bridgehead atoms. The quantitative estimate of drug-likeness (QED) is 0.877. The lowest BCUT2D eigenvalue weighted by Crippen LogP contribution is -2.37. The van der Waals surface area contributed by atoms with Crippen LogP contribution in [0, 0.1) is 11.8 Å². The van der Waals surface area contributed by atoms with Crippen LogP contribution in [0.3, 0.4) is 0 Å².